The van der Waals surface area contributed by atoms with E-state index in [1.54, 1.807) is 0 Å². The Bertz CT molecular complexity index is 654. The van der Waals surface area contributed by atoms with Crippen molar-refractivity contribution in [2.24, 2.45) is 10.9 Å². The van der Waals surface area contributed by atoms with Gasteiger partial charge in [-0.05, 0) is 30.9 Å². The van der Waals surface area contributed by atoms with Gasteiger partial charge in [0.15, 0.2) is 11.6 Å². The third-order valence-corrected chi connectivity index (χ3v) is 4.47. The summed E-state index contributed by atoms with van der Waals surface area (Å²) in [6, 6.07) is 5.94. The highest BCUT2D eigenvalue weighted by Crippen LogP contribution is 2.13. The maximum absolute atomic E-state index is 4.33. The molecule has 2 aromatic rings. The molecule has 146 valence electrons. The number of unbranched alkanes of at least 4 members (excludes halogenated alkanes) is 1. The SMILES string of the molecule is CCCCC(CCC)CNC(=NC)NCCc1nnc2ccccn12.I. The number of halogens is 1. The first-order valence-electron chi connectivity index (χ1n) is 9.51. The predicted molar refractivity (Wildman–Crippen MR) is 119 cm³/mol. The van der Waals surface area contributed by atoms with Crippen molar-refractivity contribution in [1.29, 1.82) is 0 Å². The van der Waals surface area contributed by atoms with Crippen LogP contribution in [0.4, 0.5) is 0 Å². The maximum atomic E-state index is 4.33. The number of nitrogens with zero attached hydrogens (tertiary/aromatic N) is 4. The fourth-order valence-electron chi connectivity index (χ4n) is 3.07. The molecule has 0 aliphatic carbocycles. The molecule has 2 aromatic heterocycles. The topological polar surface area (TPSA) is 66.6 Å². The summed E-state index contributed by atoms with van der Waals surface area (Å²) >= 11 is 0. The molecule has 0 spiro atoms. The monoisotopic (exact) mass is 472 g/mol. The highest BCUT2D eigenvalue weighted by Gasteiger charge is 2.09. The van der Waals surface area contributed by atoms with Crippen molar-refractivity contribution in [2.75, 3.05) is 20.1 Å². The normalized spacial score (nSPS) is 12.7. The van der Waals surface area contributed by atoms with E-state index in [9.17, 15) is 0 Å². The molecule has 6 nitrogen and oxygen atoms in total. The molecule has 0 amide bonds. The summed E-state index contributed by atoms with van der Waals surface area (Å²) < 4.78 is 2.03. The molecular formula is C19H33IN6. The Morgan fingerprint density at radius 2 is 2.00 bits per heavy atom. The summed E-state index contributed by atoms with van der Waals surface area (Å²) in [5, 5.41) is 15.3. The number of nitrogens with one attached hydrogen (secondary N) is 2. The first kappa shape index (κ1) is 22.7. The van der Waals surface area contributed by atoms with Crippen LogP contribution < -0.4 is 10.6 Å². The Balaban J connectivity index is 0.00000338. The average molecular weight is 472 g/mol. The largest absolute Gasteiger partial charge is 0.356 e. The smallest absolute Gasteiger partial charge is 0.190 e. The lowest BCUT2D eigenvalue weighted by Gasteiger charge is -2.18. The first-order valence-corrected chi connectivity index (χ1v) is 9.51. The van der Waals surface area contributed by atoms with E-state index >= 15 is 0 Å². The van der Waals surface area contributed by atoms with Crippen LogP contribution in [0.25, 0.3) is 5.65 Å². The molecule has 7 heteroatoms. The quantitative estimate of drug-likeness (QED) is 0.315. The molecule has 0 saturated carbocycles. The summed E-state index contributed by atoms with van der Waals surface area (Å²) in [5.41, 5.74) is 0.887. The molecule has 0 aliphatic heterocycles. The predicted octanol–water partition coefficient (Wildman–Crippen LogP) is 3.66. The Morgan fingerprint density at radius 3 is 2.73 bits per heavy atom. The molecule has 0 bridgehead atoms. The second-order valence-corrected chi connectivity index (χ2v) is 6.47. The fraction of sp³-hybridized carbons (Fsp3) is 0.632. The van der Waals surface area contributed by atoms with Gasteiger partial charge >= 0.3 is 0 Å². The zero-order chi connectivity index (χ0) is 17.9. The molecule has 0 aliphatic rings. The number of rotatable bonds is 10. The molecular weight excluding hydrogens is 439 g/mol. The number of guanidine groups is 1. The highest BCUT2D eigenvalue weighted by molar-refractivity contribution is 14.0. The van der Waals surface area contributed by atoms with Gasteiger partial charge in [0.25, 0.3) is 0 Å². The lowest BCUT2D eigenvalue weighted by Crippen LogP contribution is -2.40. The molecule has 1 unspecified atom stereocenters. The van der Waals surface area contributed by atoms with E-state index in [-0.39, 0.29) is 24.0 Å². The van der Waals surface area contributed by atoms with Crippen molar-refractivity contribution in [3.63, 3.8) is 0 Å². The molecule has 2 N–H and O–H groups in total. The Kier molecular flexibility index (Phi) is 11.2. The third kappa shape index (κ3) is 7.09. The fourth-order valence-corrected chi connectivity index (χ4v) is 3.07. The van der Waals surface area contributed by atoms with E-state index in [0.717, 1.165) is 42.9 Å². The molecule has 26 heavy (non-hydrogen) atoms. The number of aliphatic imine (C=N–C) groups is 1. The van der Waals surface area contributed by atoms with E-state index in [4.69, 9.17) is 0 Å². The zero-order valence-electron chi connectivity index (χ0n) is 16.2. The van der Waals surface area contributed by atoms with Crippen LogP contribution in [0.3, 0.4) is 0 Å². The average Bonchev–Trinajstić information content (AvgIpc) is 3.05. The van der Waals surface area contributed by atoms with Gasteiger partial charge < -0.3 is 10.6 Å². The van der Waals surface area contributed by atoms with Crippen LogP contribution in [-0.2, 0) is 6.42 Å². The standard InChI is InChI=1S/C19H32N6.HI/c1-4-6-10-16(9-5-2)15-22-19(20-3)21-13-12-18-24-23-17-11-7-8-14-25(17)18;/h7-8,11,14,16H,4-6,9-10,12-13,15H2,1-3H3,(H2,20,21,22);1H. The van der Waals surface area contributed by atoms with Crippen molar-refractivity contribution in [3.05, 3.63) is 30.2 Å². The van der Waals surface area contributed by atoms with Crippen LogP contribution in [0.15, 0.2) is 29.4 Å². The minimum absolute atomic E-state index is 0. The van der Waals surface area contributed by atoms with Crippen LogP contribution >= 0.6 is 24.0 Å². The molecule has 1 atom stereocenters. The molecule has 0 radical (unpaired) electrons. The summed E-state index contributed by atoms with van der Waals surface area (Å²) in [6.07, 6.45) is 9.18. The summed E-state index contributed by atoms with van der Waals surface area (Å²) in [7, 11) is 1.82. The summed E-state index contributed by atoms with van der Waals surface area (Å²) in [5.74, 6) is 2.56. The number of aromatic nitrogens is 3. The lowest BCUT2D eigenvalue weighted by atomic mass is 9.97. The Labute approximate surface area is 174 Å². The van der Waals surface area contributed by atoms with Gasteiger partial charge in [-0.25, -0.2) is 0 Å². The summed E-state index contributed by atoms with van der Waals surface area (Å²) in [4.78, 5) is 4.33. The van der Waals surface area contributed by atoms with Crippen molar-refractivity contribution in [1.82, 2.24) is 25.2 Å². The van der Waals surface area contributed by atoms with Crippen LogP contribution in [0, 0.1) is 5.92 Å². The van der Waals surface area contributed by atoms with E-state index in [1.807, 2.05) is 35.8 Å². The van der Waals surface area contributed by atoms with Crippen LogP contribution in [0.5, 0.6) is 0 Å². The van der Waals surface area contributed by atoms with Gasteiger partial charge in [0, 0.05) is 32.8 Å². The van der Waals surface area contributed by atoms with Gasteiger partial charge in [0.2, 0.25) is 0 Å². The van der Waals surface area contributed by atoms with Crippen molar-refractivity contribution in [3.8, 4) is 0 Å². The minimum Gasteiger partial charge on any atom is -0.356 e. The second kappa shape index (κ2) is 12.9. The minimum atomic E-state index is 0. The maximum Gasteiger partial charge on any atom is 0.190 e. The third-order valence-electron chi connectivity index (χ3n) is 4.47. The van der Waals surface area contributed by atoms with Crippen LogP contribution in [-0.4, -0.2) is 40.7 Å². The van der Waals surface area contributed by atoms with Gasteiger partial charge in [-0.1, -0.05) is 39.2 Å². The summed E-state index contributed by atoms with van der Waals surface area (Å²) in [6.45, 7) is 6.28. The second-order valence-electron chi connectivity index (χ2n) is 6.47. The van der Waals surface area contributed by atoms with E-state index in [1.165, 1.54) is 32.1 Å². The van der Waals surface area contributed by atoms with Crippen molar-refractivity contribution >= 4 is 35.6 Å². The van der Waals surface area contributed by atoms with E-state index < -0.39 is 0 Å². The van der Waals surface area contributed by atoms with Crippen molar-refractivity contribution in [2.45, 2.75) is 52.4 Å². The highest BCUT2D eigenvalue weighted by atomic mass is 127. The Hall–Kier alpha value is -1.38. The molecule has 0 aromatic carbocycles. The lowest BCUT2D eigenvalue weighted by molar-refractivity contribution is 0.423. The van der Waals surface area contributed by atoms with Crippen molar-refractivity contribution < 1.29 is 0 Å². The molecule has 2 rings (SSSR count). The number of hydrogen-bond donors (Lipinski definition) is 2. The number of fused-ring (bicyclic) bond motifs is 1. The van der Waals surface area contributed by atoms with Gasteiger partial charge in [-0.2, -0.15) is 0 Å². The molecule has 2 heterocycles. The van der Waals surface area contributed by atoms with Crippen LogP contribution in [0.2, 0.25) is 0 Å². The van der Waals surface area contributed by atoms with Crippen LogP contribution in [0.1, 0.15) is 51.8 Å². The van der Waals surface area contributed by atoms with Gasteiger partial charge in [-0.3, -0.25) is 9.39 Å². The number of hydrogen-bond acceptors (Lipinski definition) is 3. The van der Waals surface area contributed by atoms with Gasteiger partial charge in [0.05, 0.1) is 0 Å². The molecule has 0 fully saturated rings. The van der Waals surface area contributed by atoms with E-state index in [2.05, 4.69) is 39.7 Å². The Morgan fingerprint density at radius 1 is 1.15 bits per heavy atom. The molecule has 0 saturated heterocycles. The first-order chi connectivity index (χ1) is 12.3. The zero-order valence-corrected chi connectivity index (χ0v) is 18.6. The van der Waals surface area contributed by atoms with Gasteiger partial charge in [-0.15, -0.1) is 34.2 Å². The van der Waals surface area contributed by atoms with E-state index in [0.29, 0.717) is 0 Å². The number of pyridine rings is 1. The van der Waals surface area contributed by atoms with Gasteiger partial charge in [0.1, 0.15) is 5.82 Å².